The molecule has 1 unspecified atom stereocenters. The normalized spacial score (nSPS) is 14.3. The molecule has 0 saturated carbocycles. The van der Waals surface area contributed by atoms with Crippen LogP contribution in [0.4, 0.5) is 0 Å². The van der Waals surface area contributed by atoms with Gasteiger partial charge in [0.15, 0.2) is 0 Å². The van der Waals surface area contributed by atoms with Crippen molar-refractivity contribution in [2.45, 2.75) is 19.4 Å². The van der Waals surface area contributed by atoms with Crippen molar-refractivity contribution in [3.05, 3.63) is 66.2 Å². The Bertz CT molecular complexity index is 710. The number of rotatable bonds is 9. The average Bonchev–Trinajstić information content (AvgIpc) is 2.59. The van der Waals surface area contributed by atoms with Gasteiger partial charge in [-0.2, -0.15) is 5.48 Å². The molecule has 0 saturated heterocycles. The summed E-state index contributed by atoms with van der Waals surface area (Å²) in [5.41, 5.74) is 3.57. The largest absolute Gasteiger partial charge is 0.587 e. The van der Waals surface area contributed by atoms with Crippen molar-refractivity contribution in [3.63, 3.8) is 0 Å². The molecule has 0 amide bonds. The van der Waals surface area contributed by atoms with E-state index >= 15 is 0 Å². The second-order valence-corrected chi connectivity index (χ2v) is 6.51. The van der Waals surface area contributed by atoms with Crippen LogP contribution in [0.3, 0.4) is 0 Å². The first-order valence-electron chi connectivity index (χ1n) is 7.68. The molecule has 8 heteroatoms. The van der Waals surface area contributed by atoms with Crippen LogP contribution in [0, 0.1) is 0 Å². The number of benzene rings is 2. The molecule has 0 aliphatic carbocycles. The van der Waals surface area contributed by atoms with E-state index in [1.165, 1.54) is 19.1 Å². The fraction of sp³-hybridized carbons (Fsp3) is 0.235. The molecular weight excluding hydrogens is 345 g/mol. The van der Waals surface area contributed by atoms with Gasteiger partial charge < -0.3 is 13.9 Å². The van der Waals surface area contributed by atoms with E-state index in [0.717, 1.165) is 5.56 Å². The molecule has 25 heavy (non-hydrogen) atoms. The summed E-state index contributed by atoms with van der Waals surface area (Å²) in [7, 11) is -4.56. The van der Waals surface area contributed by atoms with E-state index in [9.17, 15) is 14.3 Å². The van der Waals surface area contributed by atoms with E-state index in [0.29, 0.717) is 13.0 Å². The molecule has 134 valence electrons. The van der Waals surface area contributed by atoms with E-state index in [-0.39, 0.29) is 5.75 Å². The van der Waals surface area contributed by atoms with Gasteiger partial charge in [-0.05, 0) is 31.0 Å². The van der Waals surface area contributed by atoms with Gasteiger partial charge in [-0.15, -0.1) is 0 Å². The lowest BCUT2D eigenvalue weighted by Gasteiger charge is -2.16. The summed E-state index contributed by atoms with van der Waals surface area (Å²) in [5.74, 6) is -0.831. The van der Waals surface area contributed by atoms with Gasteiger partial charge in [0.25, 0.3) is 0 Å². The summed E-state index contributed by atoms with van der Waals surface area (Å²) < 4.78 is 21.2. The summed E-state index contributed by atoms with van der Waals surface area (Å²) in [6.45, 7) is 1.78. The van der Waals surface area contributed by atoms with Gasteiger partial charge in [0.2, 0.25) is 0 Å². The minimum Gasteiger partial charge on any atom is -0.395 e. The molecule has 2 aromatic rings. The molecule has 0 spiro atoms. The number of carbonyl (C=O) groups excluding carboxylic acids is 1. The Balaban J connectivity index is 1.72. The molecular formula is C17H20NO6P. The minimum atomic E-state index is -4.56. The molecule has 0 heterocycles. The van der Waals surface area contributed by atoms with Crippen LogP contribution in [-0.2, 0) is 25.1 Å². The highest BCUT2D eigenvalue weighted by molar-refractivity contribution is 7.48. The van der Waals surface area contributed by atoms with Gasteiger partial charge in [0, 0.05) is 0 Å². The van der Waals surface area contributed by atoms with Crippen LogP contribution in [0.15, 0.2) is 60.7 Å². The Hall–Kier alpha value is -2.18. The lowest BCUT2D eigenvalue weighted by molar-refractivity contribution is -0.141. The topological polar surface area (TPSA) is 94.1 Å². The standard InChI is InChI=1S/C17H20NO6P/c1-14(18-22-13-12-15-8-4-2-5-9-15)17(19)24-25(20,21)23-16-10-6-3-7-11-16/h2-11,14,18H,12-13H2,1H3,(H,20,21)/t14-/m0/s1. The van der Waals surface area contributed by atoms with Gasteiger partial charge in [0.05, 0.1) is 6.61 Å². The quantitative estimate of drug-likeness (QED) is 0.401. The Morgan fingerprint density at radius 3 is 2.36 bits per heavy atom. The third kappa shape index (κ3) is 7.07. The van der Waals surface area contributed by atoms with Crippen molar-refractivity contribution >= 4 is 13.8 Å². The van der Waals surface area contributed by atoms with E-state index < -0.39 is 19.8 Å². The summed E-state index contributed by atoms with van der Waals surface area (Å²) in [4.78, 5) is 26.7. The highest BCUT2D eigenvalue weighted by Gasteiger charge is 2.30. The van der Waals surface area contributed by atoms with Crippen LogP contribution >= 0.6 is 7.82 Å². The summed E-state index contributed by atoms with van der Waals surface area (Å²) >= 11 is 0. The third-order valence-corrected chi connectivity index (χ3v) is 3.97. The third-order valence-electron chi connectivity index (χ3n) is 3.12. The maximum absolute atomic E-state index is 11.8. The monoisotopic (exact) mass is 365 g/mol. The van der Waals surface area contributed by atoms with Gasteiger partial charge in [-0.3, -0.25) is 4.89 Å². The molecule has 0 aliphatic rings. The highest BCUT2D eigenvalue weighted by atomic mass is 31.2. The molecule has 2 rings (SSSR count). The molecule has 2 aromatic carbocycles. The van der Waals surface area contributed by atoms with Crippen molar-refractivity contribution in [2.24, 2.45) is 0 Å². The molecule has 0 aromatic heterocycles. The fourth-order valence-corrected chi connectivity index (χ4v) is 2.68. The zero-order valence-electron chi connectivity index (χ0n) is 13.7. The number of hydrogen-bond acceptors (Lipinski definition) is 6. The summed E-state index contributed by atoms with van der Waals surface area (Å²) in [6, 6.07) is 16.7. The van der Waals surface area contributed by atoms with E-state index in [4.69, 9.17) is 9.36 Å². The number of hydrogen-bond donors (Lipinski definition) is 2. The second kappa shape index (κ2) is 9.34. The zero-order valence-corrected chi connectivity index (χ0v) is 14.6. The lowest BCUT2D eigenvalue weighted by atomic mass is 10.2. The van der Waals surface area contributed by atoms with Gasteiger partial charge in [-0.25, -0.2) is 9.36 Å². The second-order valence-electron chi connectivity index (χ2n) is 5.21. The van der Waals surface area contributed by atoms with Crippen LogP contribution in [0.25, 0.3) is 0 Å². The van der Waals surface area contributed by atoms with Gasteiger partial charge >= 0.3 is 13.8 Å². The Morgan fingerprint density at radius 2 is 1.72 bits per heavy atom. The van der Waals surface area contributed by atoms with Crippen LogP contribution in [0.5, 0.6) is 5.75 Å². The maximum atomic E-state index is 11.8. The van der Waals surface area contributed by atoms with E-state index in [1.807, 2.05) is 30.3 Å². The van der Waals surface area contributed by atoms with Crippen LogP contribution < -0.4 is 10.0 Å². The number of para-hydroxylation sites is 1. The SMILES string of the molecule is C[C@H](NOCCc1ccccc1)C(=O)OP(=O)(O)Oc1ccccc1. The van der Waals surface area contributed by atoms with E-state index in [2.05, 4.69) is 10.0 Å². The fourth-order valence-electron chi connectivity index (χ4n) is 1.87. The summed E-state index contributed by atoms with van der Waals surface area (Å²) in [6.07, 6.45) is 0.658. The number of phosphoric ester groups is 1. The molecule has 0 fully saturated rings. The summed E-state index contributed by atoms with van der Waals surface area (Å²) in [5, 5.41) is 0. The van der Waals surface area contributed by atoms with E-state index in [1.54, 1.807) is 18.2 Å². The van der Waals surface area contributed by atoms with Crippen molar-refractivity contribution in [1.82, 2.24) is 5.48 Å². The smallest absolute Gasteiger partial charge is 0.395 e. The van der Waals surface area contributed by atoms with Crippen LogP contribution in [-0.4, -0.2) is 23.5 Å². The first-order valence-corrected chi connectivity index (χ1v) is 9.18. The number of phosphoric acid groups is 1. The van der Waals surface area contributed by atoms with Crippen molar-refractivity contribution in [2.75, 3.05) is 6.61 Å². The maximum Gasteiger partial charge on any atom is 0.587 e. The molecule has 0 radical (unpaired) electrons. The number of carbonyl (C=O) groups is 1. The van der Waals surface area contributed by atoms with Gasteiger partial charge in [0.1, 0.15) is 11.8 Å². The first-order chi connectivity index (χ1) is 12.0. The first kappa shape index (κ1) is 19.1. The molecule has 2 N–H and O–H groups in total. The lowest BCUT2D eigenvalue weighted by Crippen LogP contribution is -2.35. The molecule has 2 atom stereocenters. The molecule has 7 nitrogen and oxygen atoms in total. The Labute approximate surface area is 146 Å². The Kier molecular flexibility index (Phi) is 7.16. The van der Waals surface area contributed by atoms with Crippen molar-refractivity contribution < 1.29 is 28.1 Å². The van der Waals surface area contributed by atoms with Crippen molar-refractivity contribution in [3.8, 4) is 5.75 Å². The number of nitrogens with one attached hydrogen (secondary N) is 1. The molecule has 0 aliphatic heterocycles. The van der Waals surface area contributed by atoms with Crippen LogP contribution in [0.2, 0.25) is 0 Å². The zero-order chi connectivity index (χ0) is 18.1. The predicted octanol–water partition coefficient (Wildman–Crippen LogP) is 2.86. The average molecular weight is 365 g/mol. The van der Waals surface area contributed by atoms with Gasteiger partial charge in [-0.1, -0.05) is 48.5 Å². The van der Waals surface area contributed by atoms with Crippen LogP contribution in [0.1, 0.15) is 12.5 Å². The molecule has 0 bridgehead atoms. The number of hydroxylamine groups is 1. The van der Waals surface area contributed by atoms with Crippen molar-refractivity contribution in [1.29, 1.82) is 0 Å². The highest BCUT2D eigenvalue weighted by Crippen LogP contribution is 2.44. The minimum absolute atomic E-state index is 0.126. The Morgan fingerprint density at radius 1 is 1.12 bits per heavy atom. The predicted molar refractivity (Wildman–Crippen MR) is 91.7 cm³/mol.